The molecule has 132 valence electrons. The van der Waals surface area contributed by atoms with Crippen molar-refractivity contribution in [3.8, 4) is 11.6 Å². The van der Waals surface area contributed by atoms with Crippen molar-refractivity contribution in [3.05, 3.63) is 46.9 Å². The molecule has 0 aliphatic rings. The van der Waals surface area contributed by atoms with Crippen molar-refractivity contribution in [2.45, 2.75) is 0 Å². The van der Waals surface area contributed by atoms with Crippen LogP contribution >= 0.6 is 15.9 Å². The summed E-state index contributed by atoms with van der Waals surface area (Å²) < 4.78 is 5.78. The molecule has 0 fully saturated rings. The van der Waals surface area contributed by atoms with Crippen LogP contribution in [-0.2, 0) is 9.59 Å². The number of aromatic hydroxyl groups is 1. The molecule has 3 aromatic rings. The Morgan fingerprint density at radius 2 is 1.92 bits per heavy atom. The molecule has 0 spiro atoms. The smallest absolute Gasteiger partial charge is 0.353 e. The molecule has 0 saturated heterocycles. The van der Waals surface area contributed by atoms with Crippen LogP contribution in [0, 0.1) is 0 Å². The van der Waals surface area contributed by atoms with Gasteiger partial charge in [0, 0.05) is 15.5 Å². The van der Waals surface area contributed by atoms with E-state index in [2.05, 4.69) is 36.5 Å². The second kappa shape index (κ2) is 7.36. The van der Waals surface area contributed by atoms with E-state index in [9.17, 15) is 14.7 Å². The molecule has 26 heavy (non-hydrogen) atoms. The molecule has 0 aliphatic heterocycles. The zero-order valence-corrected chi connectivity index (χ0v) is 15.1. The molecule has 3 rings (SSSR count). The Hall–Kier alpha value is -3.20. The third kappa shape index (κ3) is 3.72. The van der Waals surface area contributed by atoms with E-state index in [4.69, 9.17) is 4.74 Å². The molecule has 2 aromatic carbocycles. The molecule has 0 atom stereocenters. The number of methoxy groups -OCH3 is 1. The van der Waals surface area contributed by atoms with Gasteiger partial charge < -0.3 is 20.1 Å². The first-order valence-corrected chi connectivity index (χ1v) is 8.18. The molecule has 0 bridgehead atoms. The van der Waals surface area contributed by atoms with Crippen molar-refractivity contribution in [2.75, 3.05) is 12.4 Å². The first kappa shape index (κ1) is 17.6. The van der Waals surface area contributed by atoms with E-state index in [1.807, 2.05) is 0 Å². The molecule has 1 heterocycles. The number of carbonyl (C=O) groups excluding carboxylic acids is 2. The van der Waals surface area contributed by atoms with Crippen molar-refractivity contribution in [1.82, 2.24) is 4.98 Å². The summed E-state index contributed by atoms with van der Waals surface area (Å²) in [5.74, 6) is -1.66. The van der Waals surface area contributed by atoms with Crippen LogP contribution in [-0.4, -0.2) is 29.0 Å². The quantitative estimate of drug-likeness (QED) is 0.443. The number of benzene rings is 2. The molecular weight excluding hydrogens is 404 g/mol. The number of aromatic nitrogens is 1. The second-order valence-corrected chi connectivity index (χ2v) is 6.12. The number of carbonyl (C=O) groups is 2. The Kier molecular flexibility index (Phi) is 4.99. The lowest BCUT2D eigenvalue weighted by molar-refractivity contribution is -0.134. The van der Waals surface area contributed by atoms with Gasteiger partial charge in [-0.25, -0.2) is 0 Å². The van der Waals surface area contributed by atoms with E-state index >= 15 is 0 Å². The summed E-state index contributed by atoms with van der Waals surface area (Å²) in [4.78, 5) is 26.5. The number of halogens is 1. The Labute approximate surface area is 156 Å². The number of anilines is 1. The lowest BCUT2D eigenvalue weighted by Gasteiger charge is -2.03. The maximum Gasteiger partial charge on any atom is 0.353 e. The van der Waals surface area contributed by atoms with E-state index in [1.54, 1.807) is 42.5 Å². The molecule has 0 unspecified atom stereocenters. The number of aromatic amines is 1. The predicted octanol–water partition coefficient (Wildman–Crippen LogP) is 3.89. The number of amides is 2. The van der Waals surface area contributed by atoms with Gasteiger partial charge in [-0.1, -0.05) is 15.9 Å². The minimum Gasteiger partial charge on any atom is -0.497 e. The van der Waals surface area contributed by atoms with Gasteiger partial charge in [0.25, 0.3) is 0 Å². The van der Waals surface area contributed by atoms with Gasteiger partial charge in [0.1, 0.15) is 5.75 Å². The van der Waals surface area contributed by atoms with Gasteiger partial charge in [0.15, 0.2) is 5.69 Å². The Bertz CT molecular complexity index is 1010. The fourth-order valence-electron chi connectivity index (χ4n) is 2.24. The highest BCUT2D eigenvalue weighted by atomic mass is 79.9. The summed E-state index contributed by atoms with van der Waals surface area (Å²) >= 11 is 3.32. The minimum absolute atomic E-state index is 0.0758. The van der Waals surface area contributed by atoms with Crippen LogP contribution in [0.1, 0.15) is 0 Å². The van der Waals surface area contributed by atoms with Crippen LogP contribution in [0.5, 0.6) is 11.6 Å². The maximum atomic E-state index is 11.9. The molecule has 1 aromatic heterocycles. The standard InChI is InChI=1S/C17H13BrN4O4/c1-26-11-5-3-10(4-6-11)19-16(24)17(25)22-21-14-12-8-9(18)2-7-13(12)20-15(14)23/h2-8,20,23H,1H3,(H,19,24). The summed E-state index contributed by atoms with van der Waals surface area (Å²) in [6.45, 7) is 0. The highest BCUT2D eigenvalue weighted by molar-refractivity contribution is 9.10. The van der Waals surface area contributed by atoms with Crippen LogP contribution in [0.25, 0.3) is 10.9 Å². The van der Waals surface area contributed by atoms with Crippen LogP contribution < -0.4 is 10.1 Å². The van der Waals surface area contributed by atoms with Gasteiger partial charge >= 0.3 is 11.8 Å². The fraction of sp³-hybridized carbons (Fsp3) is 0.0588. The predicted molar refractivity (Wildman–Crippen MR) is 98.8 cm³/mol. The first-order chi connectivity index (χ1) is 12.5. The van der Waals surface area contributed by atoms with Gasteiger partial charge in [0.2, 0.25) is 5.88 Å². The van der Waals surface area contributed by atoms with E-state index in [-0.39, 0.29) is 11.6 Å². The second-order valence-electron chi connectivity index (χ2n) is 5.20. The molecule has 8 nitrogen and oxygen atoms in total. The number of azo groups is 1. The van der Waals surface area contributed by atoms with Crippen molar-refractivity contribution >= 4 is 50.0 Å². The number of hydrogen-bond acceptors (Lipinski definition) is 5. The van der Waals surface area contributed by atoms with E-state index < -0.39 is 11.8 Å². The molecule has 0 aliphatic carbocycles. The average Bonchev–Trinajstić information content (AvgIpc) is 2.94. The number of nitrogens with zero attached hydrogens (tertiary/aromatic N) is 2. The minimum atomic E-state index is -1.09. The lowest BCUT2D eigenvalue weighted by Crippen LogP contribution is -2.20. The fourth-order valence-corrected chi connectivity index (χ4v) is 2.60. The first-order valence-electron chi connectivity index (χ1n) is 7.39. The largest absolute Gasteiger partial charge is 0.497 e. The molecule has 9 heteroatoms. The van der Waals surface area contributed by atoms with Crippen LogP contribution in [0.2, 0.25) is 0 Å². The van der Waals surface area contributed by atoms with Crippen LogP contribution in [0.15, 0.2) is 57.2 Å². The van der Waals surface area contributed by atoms with Crippen molar-refractivity contribution < 1.29 is 19.4 Å². The number of fused-ring (bicyclic) bond motifs is 1. The number of ether oxygens (including phenoxy) is 1. The summed E-state index contributed by atoms with van der Waals surface area (Å²) in [7, 11) is 1.52. The third-order valence-electron chi connectivity index (χ3n) is 3.50. The summed E-state index contributed by atoms with van der Waals surface area (Å²) in [5, 5.41) is 20.0. The highest BCUT2D eigenvalue weighted by Crippen LogP contribution is 2.36. The SMILES string of the molecule is COc1ccc(NC(=O)C(=O)N=Nc2c(O)[nH]c3ccc(Br)cc23)cc1. The highest BCUT2D eigenvalue weighted by Gasteiger charge is 2.15. The van der Waals surface area contributed by atoms with E-state index in [1.165, 1.54) is 7.11 Å². The Morgan fingerprint density at radius 3 is 2.62 bits per heavy atom. The lowest BCUT2D eigenvalue weighted by atomic mass is 10.2. The molecule has 0 saturated carbocycles. The number of H-pyrrole nitrogens is 1. The van der Waals surface area contributed by atoms with Crippen molar-refractivity contribution in [2.24, 2.45) is 10.2 Å². The normalized spacial score (nSPS) is 11.0. The van der Waals surface area contributed by atoms with Crippen LogP contribution in [0.3, 0.4) is 0 Å². The maximum absolute atomic E-state index is 11.9. The third-order valence-corrected chi connectivity index (χ3v) is 3.99. The van der Waals surface area contributed by atoms with Crippen molar-refractivity contribution in [1.29, 1.82) is 0 Å². The van der Waals surface area contributed by atoms with Crippen LogP contribution in [0.4, 0.5) is 11.4 Å². The summed E-state index contributed by atoms with van der Waals surface area (Å²) in [6.07, 6.45) is 0. The number of hydrogen-bond donors (Lipinski definition) is 3. The van der Waals surface area contributed by atoms with Gasteiger partial charge in [-0.2, -0.15) is 0 Å². The van der Waals surface area contributed by atoms with Crippen molar-refractivity contribution in [3.63, 3.8) is 0 Å². The molecule has 2 amide bonds. The molecule has 0 radical (unpaired) electrons. The van der Waals surface area contributed by atoms with Gasteiger partial charge in [-0.3, -0.25) is 9.59 Å². The zero-order chi connectivity index (χ0) is 18.7. The Morgan fingerprint density at radius 1 is 1.19 bits per heavy atom. The van der Waals surface area contributed by atoms with E-state index in [0.717, 1.165) is 4.47 Å². The van der Waals surface area contributed by atoms with Gasteiger partial charge in [0.05, 0.1) is 12.6 Å². The van der Waals surface area contributed by atoms with E-state index in [0.29, 0.717) is 22.3 Å². The monoisotopic (exact) mass is 416 g/mol. The average molecular weight is 417 g/mol. The number of rotatable bonds is 3. The summed E-state index contributed by atoms with van der Waals surface area (Å²) in [6, 6.07) is 11.7. The number of nitrogens with one attached hydrogen (secondary N) is 2. The topological polar surface area (TPSA) is 116 Å². The zero-order valence-electron chi connectivity index (χ0n) is 13.5. The molecular formula is C17H13BrN4O4. The Balaban J connectivity index is 1.75. The van der Waals surface area contributed by atoms with Gasteiger partial charge in [-0.15, -0.1) is 10.2 Å². The molecule has 3 N–H and O–H groups in total. The summed E-state index contributed by atoms with van der Waals surface area (Å²) in [5.41, 5.74) is 1.11. The van der Waals surface area contributed by atoms with Gasteiger partial charge in [-0.05, 0) is 42.5 Å².